The van der Waals surface area contributed by atoms with Gasteiger partial charge in [0.25, 0.3) is 0 Å². The van der Waals surface area contributed by atoms with Crippen LogP contribution >= 0.6 is 0 Å². The lowest BCUT2D eigenvalue weighted by molar-refractivity contribution is -0.139. The summed E-state index contributed by atoms with van der Waals surface area (Å²) in [6.07, 6.45) is -1.27. The lowest BCUT2D eigenvalue weighted by Crippen LogP contribution is -2.10. The molecule has 0 spiro atoms. The summed E-state index contributed by atoms with van der Waals surface area (Å²) >= 11 is 0. The predicted molar refractivity (Wildman–Crippen MR) is 96.9 cm³/mol. The molecule has 0 radical (unpaired) electrons. The Morgan fingerprint density at radius 1 is 0.926 bits per heavy atom. The van der Waals surface area contributed by atoms with Gasteiger partial charge < -0.3 is 9.84 Å². The van der Waals surface area contributed by atoms with Crippen LogP contribution in [0, 0.1) is 0 Å². The predicted octanol–water partition coefficient (Wildman–Crippen LogP) is 5.51. The summed E-state index contributed by atoms with van der Waals surface area (Å²) in [6.45, 7) is 0.215. The number of unbranched alkanes of at least 4 members (excludes halogenated alkanes) is 2. The van der Waals surface area contributed by atoms with Gasteiger partial charge in [0.15, 0.2) is 0 Å². The summed E-state index contributed by atoms with van der Waals surface area (Å²) in [7, 11) is 0. The maximum Gasteiger partial charge on any atom is 0.419 e. The first-order valence-electron chi connectivity index (χ1n) is 8.95. The van der Waals surface area contributed by atoms with Crippen LogP contribution in [0.3, 0.4) is 0 Å². The van der Waals surface area contributed by atoms with Gasteiger partial charge in [-0.3, -0.25) is 4.79 Å². The number of benzene rings is 2. The summed E-state index contributed by atoms with van der Waals surface area (Å²) in [5, 5.41) is 8.67. The summed E-state index contributed by atoms with van der Waals surface area (Å²) < 4.78 is 45.1. The molecular formula is C21H23F3O3. The van der Waals surface area contributed by atoms with E-state index in [0.717, 1.165) is 25.3 Å². The van der Waals surface area contributed by atoms with Crippen LogP contribution in [0.4, 0.5) is 13.2 Å². The van der Waals surface area contributed by atoms with Crippen molar-refractivity contribution in [2.45, 2.75) is 44.7 Å². The number of hydrogen-bond donors (Lipinski definition) is 1. The number of carboxylic acids is 1. The molecule has 0 aliphatic carbocycles. The number of hydrogen-bond acceptors (Lipinski definition) is 2. The van der Waals surface area contributed by atoms with E-state index in [0.29, 0.717) is 12.0 Å². The number of carbonyl (C=O) groups is 1. The van der Waals surface area contributed by atoms with Crippen molar-refractivity contribution < 1.29 is 27.8 Å². The van der Waals surface area contributed by atoms with E-state index in [9.17, 15) is 18.0 Å². The average molecular weight is 380 g/mol. The third-order valence-electron chi connectivity index (χ3n) is 4.19. The Bertz CT molecular complexity index is 727. The molecule has 1 N–H and O–H groups in total. The van der Waals surface area contributed by atoms with Gasteiger partial charge in [0, 0.05) is 6.42 Å². The van der Waals surface area contributed by atoms with Crippen molar-refractivity contribution in [3.63, 3.8) is 0 Å². The van der Waals surface area contributed by atoms with Crippen molar-refractivity contribution in [1.82, 2.24) is 0 Å². The largest absolute Gasteiger partial charge is 0.493 e. The molecule has 2 aromatic rings. The van der Waals surface area contributed by atoms with E-state index in [-0.39, 0.29) is 25.2 Å². The normalized spacial score (nSPS) is 11.4. The third-order valence-corrected chi connectivity index (χ3v) is 4.19. The Balaban J connectivity index is 1.84. The topological polar surface area (TPSA) is 46.5 Å². The third kappa shape index (κ3) is 7.33. The van der Waals surface area contributed by atoms with E-state index in [1.54, 1.807) is 0 Å². The van der Waals surface area contributed by atoms with E-state index in [2.05, 4.69) is 12.1 Å². The molecule has 0 heterocycles. The number of aryl methyl sites for hydroxylation is 2. The molecule has 146 valence electrons. The number of aliphatic carboxylic acids is 1. The van der Waals surface area contributed by atoms with Gasteiger partial charge in [0.1, 0.15) is 5.75 Å². The molecule has 0 aliphatic heterocycles. The highest BCUT2D eigenvalue weighted by Gasteiger charge is 2.34. The molecule has 0 bridgehead atoms. The SMILES string of the molecule is O=C(O)CCc1ccc(OCCCCCc2ccccc2)c(C(F)(F)F)c1. The van der Waals surface area contributed by atoms with Crippen LogP contribution in [0.5, 0.6) is 5.75 Å². The van der Waals surface area contributed by atoms with Crippen molar-refractivity contribution >= 4 is 5.97 Å². The van der Waals surface area contributed by atoms with Crippen LogP contribution in [-0.2, 0) is 23.8 Å². The monoisotopic (exact) mass is 380 g/mol. The molecule has 2 rings (SSSR count). The Morgan fingerprint density at radius 3 is 2.33 bits per heavy atom. The Morgan fingerprint density at radius 2 is 1.67 bits per heavy atom. The van der Waals surface area contributed by atoms with Crippen LogP contribution in [0.1, 0.15) is 42.4 Å². The first-order chi connectivity index (χ1) is 12.9. The second-order valence-electron chi connectivity index (χ2n) is 6.37. The van der Waals surface area contributed by atoms with Gasteiger partial charge in [-0.05, 0) is 55.4 Å². The van der Waals surface area contributed by atoms with Gasteiger partial charge in [-0.2, -0.15) is 13.2 Å². The molecular weight excluding hydrogens is 357 g/mol. The molecule has 0 atom stereocenters. The molecule has 2 aromatic carbocycles. The molecule has 0 saturated heterocycles. The van der Waals surface area contributed by atoms with Crippen molar-refractivity contribution in [3.05, 3.63) is 65.2 Å². The number of carboxylic acid groups (broad SMARTS) is 1. The second-order valence-corrected chi connectivity index (χ2v) is 6.37. The Hall–Kier alpha value is -2.50. The van der Waals surface area contributed by atoms with Crippen molar-refractivity contribution in [2.75, 3.05) is 6.61 Å². The number of halogens is 3. The molecule has 0 aromatic heterocycles. The molecule has 3 nitrogen and oxygen atoms in total. The maximum absolute atomic E-state index is 13.2. The molecule has 0 fully saturated rings. The van der Waals surface area contributed by atoms with Gasteiger partial charge in [0.2, 0.25) is 0 Å². The number of alkyl halides is 3. The highest BCUT2D eigenvalue weighted by Crippen LogP contribution is 2.37. The zero-order valence-electron chi connectivity index (χ0n) is 15.0. The Labute approximate surface area is 156 Å². The number of rotatable bonds is 10. The lowest BCUT2D eigenvalue weighted by atomic mass is 10.0. The summed E-state index contributed by atoms with van der Waals surface area (Å²) in [4.78, 5) is 10.6. The van der Waals surface area contributed by atoms with E-state index < -0.39 is 17.7 Å². The van der Waals surface area contributed by atoms with E-state index in [1.807, 2.05) is 18.2 Å². The van der Waals surface area contributed by atoms with Gasteiger partial charge in [0.05, 0.1) is 12.2 Å². The van der Waals surface area contributed by atoms with Crippen LogP contribution in [0.25, 0.3) is 0 Å². The molecule has 6 heteroatoms. The smallest absolute Gasteiger partial charge is 0.419 e. The van der Waals surface area contributed by atoms with E-state index >= 15 is 0 Å². The van der Waals surface area contributed by atoms with Gasteiger partial charge in [-0.1, -0.05) is 36.4 Å². The molecule has 0 saturated carbocycles. The zero-order valence-corrected chi connectivity index (χ0v) is 15.0. The lowest BCUT2D eigenvalue weighted by Gasteiger charge is -2.15. The van der Waals surface area contributed by atoms with E-state index in [4.69, 9.17) is 9.84 Å². The molecule has 0 aliphatic rings. The summed E-state index contributed by atoms with van der Waals surface area (Å²) in [5.74, 6) is -1.25. The minimum absolute atomic E-state index is 0.0537. The van der Waals surface area contributed by atoms with Crippen LogP contribution in [-0.4, -0.2) is 17.7 Å². The van der Waals surface area contributed by atoms with Gasteiger partial charge in [-0.25, -0.2) is 0 Å². The minimum Gasteiger partial charge on any atom is -0.493 e. The fourth-order valence-electron chi connectivity index (χ4n) is 2.77. The maximum atomic E-state index is 13.2. The number of ether oxygens (including phenoxy) is 1. The standard InChI is InChI=1S/C21H23F3O3/c22-21(23,24)18-15-17(11-13-20(25)26)10-12-19(18)27-14-6-2-5-9-16-7-3-1-4-8-16/h1,3-4,7-8,10,12,15H,2,5-6,9,11,13-14H2,(H,25,26). The van der Waals surface area contributed by atoms with Gasteiger partial charge >= 0.3 is 12.1 Å². The summed E-state index contributed by atoms with van der Waals surface area (Å²) in [5.41, 5.74) is 0.726. The second kappa shape index (κ2) is 10.00. The molecule has 27 heavy (non-hydrogen) atoms. The highest BCUT2D eigenvalue weighted by molar-refractivity contribution is 5.67. The zero-order chi connectivity index (χ0) is 19.7. The van der Waals surface area contributed by atoms with Crippen molar-refractivity contribution in [1.29, 1.82) is 0 Å². The van der Waals surface area contributed by atoms with E-state index in [1.165, 1.54) is 17.7 Å². The van der Waals surface area contributed by atoms with Crippen LogP contribution in [0.2, 0.25) is 0 Å². The molecule has 0 unspecified atom stereocenters. The quantitative estimate of drug-likeness (QED) is 0.553. The van der Waals surface area contributed by atoms with Crippen molar-refractivity contribution in [2.24, 2.45) is 0 Å². The Kier molecular flexibility index (Phi) is 7.70. The minimum atomic E-state index is -4.54. The molecule has 0 amide bonds. The van der Waals surface area contributed by atoms with Gasteiger partial charge in [-0.15, -0.1) is 0 Å². The fraction of sp³-hybridized carbons (Fsp3) is 0.381. The fourth-order valence-corrected chi connectivity index (χ4v) is 2.77. The average Bonchev–Trinajstić information content (AvgIpc) is 2.63. The van der Waals surface area contributed by atoms with Crippen LogP contribution in [0.15, 0.2) is 48.5 Å². The van der Waals surface area contributed by atoms with Crippen molar-refractivity contribution in [3.8, 4) is 5.75 Å². The van der Waals surface area contributed by atoms with Crippen LogP contribution < -0.4 is 4.74 Å². The first-order valence-corrected chi connectivity index (χ1v) is 8.95. The summed E-state index contributed by atoms with van der Waals surface area (Å²) in [6, 6.07) is 13.8. The first kappa shape index (κ1) is 20.8. The highest BCUT2D eigenvalue weighted by atomic mass is 19.4.